The Kier molecular flexibility index (Phi) is 5.17. The Bertz CT molecular complexity index is 432. The quantitative estimate of drug-likeness (QED) is 0.750. The second kappa shape index (κ2) is 6.64. The van der Waals surface area contributed by atoms with Crippen molar-refractivity contribution in [2.75, 3.05) is 5.32 Å². The van der Waals surface area contributed by atoms with Crippen LogP contribution in [-0.4, -0.2) is 23.1 Å². The van der Waals surface area contributed by atoms with Gasteiger partial charge in [-0.2, -0.15) is 0 Å². The van der Waals surface area contributed by atoms with E-state index >= 15 is 0 Å². The maximum absolute atomic E-state index is 11.7. The minimum atomic E-state index is -1.02. The van der Waals surface area contributed by atoms with Gasteiger partial charge in [0.25, 0.3) is 0 Å². The fourth-order valence-corrected chi connectivity index (χ4v) is 1.58. The predicted octanol–water partition coefficient (Wildman–Crippen LogP) is 2.37. The molecule has 1 unspecified atom stereocenters. The van der Waals surface area contributed by atoms with Crippen molar-refractivity contribution in [2.24, 2.45) is 0 Å². The van der Waals surface area contributed by atoms with Crippen LogP contribution in [0.1, 0.15) is 25.3 Å². The lowest BCUT2D eigenvalue weighted by atomic mass is 10.2. The van der Waals surface area contributed by atoms with E-state index in [-0.39, 0.29) is 0 Å². The summed E-state index contributed by atoms with van der Waals surface area (Å²) in [4.78, 5) is 22.6. The van der Waals surface area contributed by atoms with Crippen molar-refractivity contribution in [1.29, 1.82) is 0 Å². The zero-order valence-corrected chi connectivity index (χ0v) is 10.6. The van der Waals surface area contributed by atoms with E-state index < -0.39 is 18.0 Å². The van der Waals surface area contributed by atoms with Gasteiger partial charge in [-0.3, -0.25) is 0 Å². The van der Waals surface area contributed by atoms with Crippen LogP contribution in [0.25, 0.3) is 0 Å². The van der Waals surface area contributed by atoms with Gasteiger partial charge in [0.2, 0.25) is 0 Å². The van der Waals surface area contributed by atoms with Gasteiger partial charge >= 0.3 is 12.0 Å². The average molecular weight is 250 g/mol. The van der Waals surface area contributed by atoms with Gasteiger partial charge in [0.15, 0.2) is 0 Å². The number of urea groups is 1. The first kappa shape index (κ1) is 14.0. The number of rotatable bonds is 5. The largest absolute Gasteiger partial charge is 0.480 e. The maximum Gasteiger partial charge on any atom is 0.326 e. The Morgan fingerprint density at radius 2 is 2.00 bits per heavy atom. The number of carbonyl (C=O) groups is 2. The van der Waals surface area contributed by atoms with Crippen LogP contribution in [0.2, 0.25) is 0 Å². The van der Waals surface area contributed by atoms with Crippen LogP contribution in [0.5, 0.6) is 0 Å². The molecule has 0 aromatic heterocycles. The molecule has 0 spiro atoms. The van der Waals surface area contributed by atoms with E-state index in [2.05, 4.69) is 10.6 Å². The first-order valence-electron chi connectivity index (χ1n) is 5.90. The molecular weight excluding hydrogens is 232 g/mol. The normalized spacial score (nSPS) is 11.7. The summed E-state index contributed by atoms with van der Waals surface area (Å²) in [6, 6.07) is 5.98. The SMILES string of the molecule is CCCC(NC(=O)Nc1ccccc1C)C(=O)O. The number of anilines is 1. The number of carboxylic acid groups (broad SMARTS) is 1. The second-order valence-corrected chi connectivity index (χ2v) is 4.09. The number of carboxylic acids is 1. The van der Waals surface area contributed by atoms with Gasteiger partial charge < -0.3 is 15.7 Å². The highest BCUT2D eigenvalue weighted by atomic mass is 16.4. The molecule has 0 aliphatic carbocycles. The number of aliphatic carboxylic acids is 1. The van der Waals surface area contributed by atoms with Crippen molar-refractivity contribution in [1.82, 2.24) is 5.32 Å². The summed E-state index contributed by atoms with van der Waals surface area (Å²) in [5.41, 5.74) is 1.60. The highest BCUT2D eigenvalue weighted by Gasteiger charge is 2.18. The molecule has 0 bridgehead atoms. The number of benzene rings is 1. The Morgan fingerprint density at radius 1 is 1.33 bits per heavy atom. The van der Waals surface area contributed by atoms with Gasteiger partial charge in [-0.25, -0.2) is 9.59 Å². The minimum Gasteiger partial charge on any atom is -0.480 e. The Balaban J connectivity index is 2.61. The van der Waals surface area contributed by atoms with Gasteiger partial charge in [0.1, 0.15) is 6.04 Å². The standard InChI is InChI=1S/C13H18N2O3/c1-3-6-11(12(16)17)15-13(18)14-10-8-5-4-7-9(10)2/h4-5,7-8,11H,3,6H2,1-2H3,(H,16,17)(H2,14,15,18). The van der Waals surface area contributed by atoms with Crippen LogP contribution in [-0.2, 0) is 4.79 Å². The summed E-state index contributed by atoms with van der Waals surface area (Å²) in [5.74, 6) is -1.02. The van der Waals surface area contributed by atoms with Crippen LogP contribution in [0.15, 0.2) is 24.3 Å². The molecule has 3 N–H and O–H groups in total. The lowest BCUT2D eigenvalue weighted by Crippen LogP contribution is -2.42. The lowest BCUT2D eigenvalue weighted by molar-refractivity contribution is -0.139. The molecule has 18 heavy (non-hydrogen) atoms. The van der Waals surface area contributed by atoms with E-state index in [9.17, 15) is 9.59 Å². The maximum atomic E-state index is 11.7. The number of aryl methyl sites for hydroxylation is 1. The molecule has 0 aliphatic rings. The molecular formula is C13H18N2O3. The fraction of sp³-hybridized carbons (Fsp3) is 0.385. The van der Waals surface area contributed by atoms with Gasteiger partial charge in [0.05, 0.1) is 0 Å². The zero-order valence-electron chi connectivity index (χ0n) is 10.6. The molecule has 1 aromatic rings. The van der Waals surface area contributed by atoms with Gasteiger partial charge in [-0.05, 0) is 25.0 Å². The molecule has 1 atom stereocenters. The smallest absolute Gasteiger partial charge is 0.326 e. The molecule has 5 nitrogen and oxygen atoms in total. The molecule has 0 radical (unpaired) electrons. The van der Waals surface area contributed by atoms with Crippen LogP contribution in [0.3, 0.4) is 0 Å². The number of hydrogen-bond acceptors (Lipinski definition) is 2. The molecule has 0 aliphatic heterocycles. The third-order valence-electron chi connectivity index (χ3n) is 2.57. The molecule has 1 aromatic carbocycles. The molecule has 0 fully saturated rings. The summed E-state index contributed by atoms with van der Waals surface area (Å²) < 4.78 is 0. The summed E-state index contributed by atoms with van der Waals surface area (Å²) in [7, 11) is 0. The van der Waals surface area contributed by atoms with Crippen LogP contribution < -0.4 is 10.6 Å². The molecule has 2 amide bonds. The van der Waals surface area contributed by atoms with E-state index in [1.165, 1.54) is 0 Å². The number of hydrogen-bond donors (Lipinski definition) is 3. The summed E-state index contributed by atoms with van der Waals surface area (Å²) in [6.07, 6.45) is 1.11. The molecule has 0 heterocycles. The van der Waals surface area contributed by atoms with Gasteiger partial charge in [0, 0.05) is 5.69 Å². The summed E-state index contributed by atoms with van der Waals surface area (Å²) in [5, 5.41) is 14.0. The highest BCUT2D eigenvalue weighted by Crippen LogP contribution is 2.12. The van der Waals surface area contributed by atoms with E-state index in [0.717, 1.165) is 5.56 Å². The van der Waals surface area contributed by atoms with Crippen LogP contribution in [0.4, 0.5) is 10.5 Å². The van der Waals surface area contributed by atoms with Gasteiger partial charge in [-0.15, -0.1) is 0 Å². The van der Waals surface area contributed by atoms with Crippen molar-refractivity contribution < 1.29 is 14.7 Å². The van der Waals surface area contributed by atoms with Gasteiger partial charge in [-0.1, -0.05) is 31.5 Å². The topological polar surface area (TPSA) is 78.4 Å². The molecule has 98 valence electrons. The van der Waals surface area contributed by atoms with E-state index in [4.69, 9.17) is 5.11 Å². The molecule has 0 saturated heterocycles. The van der Waals surface area contributed by atoms with E-state index in [1.54, 1.807) is 6.07 Å². The zero-order chi connectivity index (χ0) is 13.5. The Hall–Kier alpha value is -2.04. The first-order valence-corrected chi connectivity index (χ1v) is 5.90. The monoisotopic (exact) mass is 250 g/mol. The molecule has 1 rings (SSSR count). The number of para-hydroxylation sites is 1. The van der Waals surface area contributed by atoms with E-state index in [0.29, 0.717) is 18.5 Å². The molecule has 5 heteroatoms. The number of amides is 2. The number of carbonyl (C=O) groups excluding carboxylic acids is 1. The van der Waals surface area contributed by atoms with Crippen molar-refractivity contribution in [2.45, 2.75) is 32.7 Å². The van der Waals surface area contributed by atoms with Crippen molar-refractivity contribution >= 4 is 17.7 Å². The van der Waals surface area contributed by atoms with Crippen molar-refractivity contribution in [3.8, 4) is 0 Å². The van der Waals surface area contributed by atoms with Crippen molar-refractivity contribution in [3.63, 3.8) is 0 Å². The number of nitrogens with one attached hydrogen (secondary N) is 2. The van der Waals surface area contributed by atoms with Crippen LogP contribution >= 0.6 is 0 Å². The Morgan fingerprint density at radius 3 is 2.56 bits per heavy atom. The Labute approximate surface area is 106 Å². The van der Waals surface area contributed by atoms with Crippen LogP contribution in [0, 0.1) is 6.92 Å². The minimum absolute atomic E-state index is 0.413. The molecule has 0 saturated carbocycles. The lowest BCUT2D eigenvalue weighted by Gasteiger charge is -2.15. The third-order valence-corrected chi connectivity index (χ3v) is 2.57. The summed E-state index contributed by atoms with van der Waals surface area (Å²) >= 11 is 0. The second-order valence-electron chi connectivity index (χ2n) is 4.09. The average Bonchev–Trinajstić information content (AvgIpc) is 2.31. The van der Waals surface area contributed by atoms with Crippen molar-refractivity contribution in [3.05, 3.63) is 29.8 Å². The first-order chi connectivity index (χ1) is 8.54. The summed E-state index contributed by atoms with van der Waals surface area (Å²) in [6.45, 7) is 3.74. The predicted molar refractivity (Wildman–Crippen MR) is 69.7 cm³/mol. The van der Waals surface area contributed by atoms with E-state index in [1.807, 2.05) is 32.0 Å². The third kappa shape index (κ3) is 4.08. The fourth-order valence-electron chi connectivity index (χ4n) is 1.58. The highest BCUT2D eigenvalue weighted by molar-refractivity contribution is 5.92.